The number of rotatable bonds is 3. The number of amides is 2. The third kappa shape index (κ3) is 3.87. The van der Waals surface area contributed by atoms with E-state index >= 15 is 0 Å². The number of carbonyl (C=O) groups is 1. The van der Waals surface area contributed by atoms with Crippen molar-refractivity contribution in [2.24, 2.45) is 0 Å². The summed E-state index contributed by atoms with van der Waals surface area (Å²) in [5.41, 5.74) is -0.346. The van der Waals surface area contributed by atoms with Crippen LogP contribution in [-0.2, 0) is 12.7 Å². The first-order chi connectivity index (χ1) is 9.91. The number of hydrogen-bond acceptors (Lipinski definition) is 2. The summed E-state index contributed by atoms with van der Waals surface area (Å²) in [7, 11) is 0. The lowest BCUT2D eigenvalue weighted by atomic mass is 10.1. The summed E-state index contributed by atoms with van der Waals surface area (Å²) in [5.74, 6) is 0. The molecule has 0 radical (unpaired) electrons. The number of nitrogens with zero attached hydrogens (tertiary/aromatic N) is 1. The van der Waals surface area contributed by atoms with Gasteiger partial charge in [-0.3, -0.25) is 0 Å². The highest BCUT2D eigenvalue weighted by molar-refractivity contribution is 5.74. The zero-order valence-corrected chi connectivity index (χ0v) is 11.4. The van der Waals surface area contributed by atoms with Gasteiger partial charge in [-0.05, 0) is 30.5 Å². The lowest BCUT2D eigenvalue weighted by molar-refractivity contribution is -0.137. The molecular formula is C14H17F3N2O2. The number of nitrogens with one attached hydrogen (secondary N) is 1. The molecular weight excluding hydrogens is 285 g/mol. The summed E-state index contributed by atoms with van der Waals surface area (Å²) in [6, 6.07) is 4.30. The Morgan fingerprint density at radius 3 is 2.86 bits per heavy atom. The van der Waals surface area contributed by atoms with E-state index in [9.17, 15) is 18.0 Å². The van der Waals surface area contributed by atoms with Crippen molar-refractivity contribution in [1.82, 2.24) is 10.2 Å². The van der Waals surface area contributed by atoms with E-state index in [4.69, 9.17) is 5.11 Å². The summed E-state index contributed by atoms with van der Waals surface area (Å²) in [6.07, 6.45) is -2.83. The highest BCUT2D eigenvalue weighted by atomic mass is 19.4. The second-order valence-electron chi connectivity index (χ2n) is 5.03. The molecule has 4 nitrogen and oxygen atoms in total. The molecule has 2 N–H and O–H groups in total. The van der Waals surface area contributed by atoms with E-state index in [1.807, 2.05) is 0 Å². The first kappa shape index (κ1) is 15.6. The molecule has 0 aromatic heterocycles. The van der Waals surface area contributed by atoms with Gasteiger partial charge in [-0.2, -0.15) is 13.2 Å². The van der Waals surface area contributed by atoms with Gasteiger partial charge in [0.05, 0.1) is 18.2 Å². The van der Waals surface area contributed by atoms with Gasteiger partial charge in [-0.25, -0.2) is 4.79 Å². The lowest BCUT2D eigenvalue weighted by Crippen LogP contribution is -2.43. The van der Waals surface area contributed by atoms with E-state index in [0.29, 0.717) is 12.1 Å². The molecule has 1 aliphatic heterocycles. The van der Waals surface area contributed by atoms with Crippen LogP contribution in [0.2, 0.25) is 0 Å². The van der Waals surface area contributed by atoms with Crippen LogP contribution >= 0.6 is 0 Å². The molecule has 21 heavy (non-hydrogen) atoms. The summed E-state index contributed by atoms with van der Waals surface area (Å²) >= 11 is 0. The van der Waals surface area contributed by atoms with Crippen LogP contribution in [0, 0.1) is 0 Å². The molecule has 2 rings (SSSR count). The van der Waals surface area contributed by atoms with E-state index in [0.717, 1.165) is 25.0 Å². The maximum atomic E-state index is 12.6. The number of aliphatic hydroxyl groups excluding tert-OH is 1. The Hall–Kier alpha value is -1.76. The number of benzene rings is 1. The fourth-order valence-corrected chi connectivity index (χ4v) is 2.43. The zero-order chi connectivity index (χ0) is 15.5. The van der Waals surface area contributed by atoms with Crippen LogP contribution in [0.5, 0.6) is 0 Å². The molecule has 0 spiro atoms. The normalized spacial score (nSPS) is 18.9. The van der Waals surface area contributed by atoms with Crippen molar-refractivity contribution in [3.8, 4) is 0 Å². The highest BCUT2D eigenvalue weighted by Crippen LogP contribution is 2.29. The average Bonchev–Trinajstić information content (AvgIpc) is 2.92. The average molecular weight is 302 g/mol. The van der Waals surface area contributed by atoms with Gasteiger partial charge in [-0.1, -0.05) is 12.1 Å². The molecule has 1 aliphatic rings. The molecule has 1 fully saturated rings. The Morgan fingerprint density at radius 2 is 2.19 bits per heavy atom. The van der Waals surface area contributed by atoms with Crippen molar-refractivity contribution < 1.29 is 23.1 Å². The monoisotopic (exact) mass is 302 g/mol. The Morgan fingerprint density at radius 1 is 1.43 bits per heavy atom. The van der Waals surface area contributed by atoms with E-state index < -0.39 is 11.7 Å². The minimum absolute atomic E-state index is 0.0252. The first-order valence-corrected chi connectivity index (χ1v) is 6.73. The van der Waals surface area contributed by atoms with E-state index in [2.05, 4.69) is 5.32 Å². The van der Waals surface area contributed by atoms with Gasteiger partial charge in [0.15, 0.2) is 0 Å². The third-order valence-corrected chi connectivity index (χ3v) is 3.55. The summed E-state index contributed by atoms with van der Waals surface area (Å²) in [6.45, 7) is 0.480. The van der Waals surface area contributed by atoms with Gasteiger partial charge in [0.25, 0.3) is 0 Å². The minimum Gasteiger partial charge on any atom is -0.394 e. The van der Waals surface area contributed by atoms with Gasteiger partial charge in [0.2, 0.25) is 0 Å². The molecule has 1 aromatic carbocycles. The summed E-state index contributed by atoms with van der Waals surface area (Å²) < 4.78 is 37.8. The van der Waals surface area contributed by atoms with Crippen LogP contribution in [0.15, 0.2) is 24.3 Å². The summed E-state index contributed by atoms with van der Waals surface area (Å²) in [4.78, 5) is 13.5. The van der Waals surface area contributed by atoms with Gasteiger partial charge in [0, 0.05) is 13.1 Å². The number of alkyl halides is 3. The molecule has 1 saturated heterocycles. The van der Waals surface area contributed by atoms with Crippen LogP contribution in [0.4, 0.5) is 18.0 Å². The predicted octanol–water partition coefficient (Wildman–Crippen LogP) is 2.37. The maximum absolute atomic E-state index is 12.6. The van der Waals surface area contributed by atoms with Crippen molar-refractivity contribution in [2.75, 3.05) is 13.2 Å². The smallest absolute Gasteiger partial charge is 0.394 e. The summed E-state index contributed by atoms with van der Waals surface area (Å²) in [5, 5.41) is 11.7. The van der Waals surface area contributed by atoms with Crippen molar-refractivity contribution >= 4 is 6.03 Å². The number of halogens is 3. The number of aliphatic hydroxyl groups is 1. The SMILES string of the molecule is O=C(NCc1cccc(C(F)(F)F)c1)N1CCC[C@H]1CO. The van der Waals surface area contributed by atoms with Gasteiger partial charge in [-0.15, -0.1) is 0 Å². The standard InChI is InChI=1S/C14H17F3N2O2/c15-14(16,17)11-4-1-3-10(7-11)8-18-13(21)19-6-2-5-12(19)9-20/h1,3-4,7,12,20H,2,5-6,8-9H2,(H,18,21)/t12-/m0/s1. The molecule has 7 heteroatoms. The molecule has 1 aromatic rings. The van der Waals surface area contributed by atoms with Crippen LogP contribution in [-0.4, -0.2) is 35.2 Å². The van der Waals surface area contributed by atoms with E-state index in [1.165, 1.54) is 17.0 Å². The lowest BCUT2D eigenvalue weighted by Gasteiger charge is -2.23. The third-order valence-electron chi connectivity index (χ3n) is 3.55. The minimum atomic E-state index is -4.39. The van der Waals surface area contributed by atoms with Crippen molar-refractivity contribution in [3.63, 3.8) is 0 Å². The Kier molecular flexibility index (Phi) is 4.72. The topological polar surface area (TPSA) is 52.6 Å². The van der Waals surface area contributed by atoms with Crippen molar-refractivity contribution in [2.45, 2.75) is 31.6 Å². The maximum Gasteiger partial charge on any atom is 0.416 e. The zero-order valence-electron chi connectivity index (χ0n) is 11.4. The molecule has 0 bridgehead atoms. The number of likely N-dealkylation sites (tertiary alicyclic amines) is 1. The second-order valence-corrected chi connectivity index (χ2v) is 5.03. The predicted molar refractivity (Wildman–Crippen MR) is 70.5 cm³/mol. The highest BCUT2D eigenvalue weighted by Gasteiger charge is 2.30. The van der Waals surface area contributed by atoms with Crippen molar-refractivity contribution in [3.05, 3.63) is 35.4 Å². The van der Waals surface area contributed by atoms with Gasteiger partial charge >= 0.3 is 12.2 Å². The Labute approximate surface area is 120 Å². The molecule has 0 unspecified atom stereocenters. The van der Waals surface area contributed by atoms with E-state index in [1.54, 1.807) is 0 Å². The molecule has 2 amide bonds. The van der Waals surface area contributed by atoms with Crippen LogP contribution in [0.25, 0.3) is 0 Å². The molecule has 1 atom stereocenters. The molecule has 0 saturated carbocycles. The van der Waals surface area contributed by atoms with E-state index in [-0.39, 0.29) is 25.2 Å². The molecule has 116 valence electrons. The number of hydrogen-bond donors (Lipinski definition) is 2. The second kappa shape index (κ2) is 6.34. The fourth-order valence-electron chi connectivity index (χ4n) is 2.43. The Balaban J connectivity index is 1.95. The van der Waals surface area contributed by atoms with Gasteiger partial charge in [0.1, 0.15) is 0 Å². The first-order valence-electron chi connectivity index (χ1n) is 6.73. The largest absolute Gasteiger partial charge is 0.416 e. The number of urea groups is 1. The number of carbonyl (C=O) groups excluding carboxylic acids is 1. The molecule has 1 heterocycles. The molecule has 0 aliphatic carbocycles. The quantitative estimate of drug-likeness (QED) is 0.900. The Bertz CT molecular complexity index is 505. The van der Waals surface area contributed by atoms with Crippen LogP contribution in [0.3, 0.4) is 0 Å². The van der Waals surface area contributed by atoms with Crippen molar-refractivity contribution in [1.29, 1.82) is 0 Å². The fraction of sp³-hybridized carbons (Fsp3) is 0.500. The van der Waals surface area contributed by atoms with Crippen LogP contribution < -0.4 is 5.32 Å². The van der Waals surface area contributed by atoms with Crippen LogP contribution in [0.1, 0.15) is 24.0 Å². The van der Waals surface area contributed by atoms with Gasteiger partial charge < -0.3 is 15.3 Å².